The molecule has 1 aromatic heterocycles. The first-order chi connectivity index (χ1) is 16.3. The van der Waals surface area contributed by atoms with E-state index in [2.05, 4.69) is 10.3 Å². The molecule has 0 spiro atoms. The maximum atomic E-state index is 14.3. The van der Waals surface area contributed by atoms with Crippen molar-refractivity contribution in [1.82, 2.24) is 10.3 Å². The molecule has 0 fully saturated rings. The molecular weight excluding hydrogens is 435 g/mol. The zero-order chi connectivity index (χ0) is 24.2. The Kier molecular flexibility index (Phi) is 6.54. The van der Waals surface area contributed by atoms with E-state index in [9.17, 15) is 23.9 Å². The SMILES string of the molecule is CC(C(=O)NC(Cc1c[nH]c2cccc(F)c12)C(=O)O)c1cccc(C(=O)c2ccccc2)c1. The number of benzene rings is 3. The van der Waals surface area contributed by atoms with Gasteiger partial charge in [0.1, 0.15) is 11.9 Å². The van der Waals surface area contributed by atoms with Gasteiger partial charge in [0.05, 0.1) is 5.92 Å². The van der Waals surface area contributed by atoms with Crippen LogP contribution in [-0.2, 0) is 16.0 Å². The van der Waals surface area contributed by atoms with Gasteiger partial charge in [-0.1, -0.05) is 54.6 Å². The molecular formula is C27H23FN2O4. The van der Waals surface area contributed by atoms with Gasteiger partial charge in [0.25, 0.3) is 0 Å². The smallest absolute Gasteiger partial charge is 0.326 e. The van der Waals surface area contributed by atoms with Crippen LogP contribution in [0.25, 0.3) is 10.9 Å². The molecule has 34 heavy (non-hydrogen) atoms. The van der Waals surface area contributed by atoms with Crippen LogP contribution in [0, 0.1) is 5.82 Å². The lowest BCUT2D eigenvalue weighted by Gasteiger charge is -2.18. The van der Waals surface area contributed by atoms with Gasteiger partial charge in [-0.15, -0.1) is 0 Å². The van der Waals surface area contributed by atoms with Crippen molar-refractivity contribution in [2.45, 2.75) is 25.3 Å². The van der Waals surface area contributed by atoms with Crippen molar-refractivity contribution in [3.05, 3.63) is 107 Å². The maximum Gasteiger partial charge on any atom is 0.326 e. The third kappa shape index (κ3) is 4.73. The molecule has 0 aliphatic heterocycles. The van der Waals surface area contributed by atoms with Crippen LogP contribution in [0.3, 0.4) is 0 Å². The minimum Gasteiger partial charge on any atom is -0.480 e. The minimum atomic E-state index is -1.25. The highest BCUT2D eigenvalue weighted by molar-refractivity contribution is 6.09. The Labute approximate surface area is 195 Å². The van der Waals surface area contributed by atoms with E-state index in [0.29, 0.717) is 33.2 Å². The van der Waals surface area contributed by atoms with Gasteiger partial charge >= 0.3 is 5.97 Å². The number of H-pyrrole nitrogens is 1. The molecule has 172 valence electrons. The Morgan fingerprint density at radius 3 is 2.41 bits per heavy atom. The molecule has 3 aromatic carbocycles. The van der Waals surface area contributed by atoms with Gasteiger partial charge in [-0.25, -0.2) is 9.18 Å². The first kappa shape index (κ1) is 22.9. The molecule has 0 radical (unpaired) electrons. The highest BCUT2D eigenvalue weighted by Crippen LogP contribution is 2.24. The molecule has 0 saturated heterocycles. The van der Waals surface area contributed by atoms with Gasteiger partial charge in [0.15, 0.2) is 5.78 Å². The van der Waals surface area contributed by atoms with Crippen molar-refractivity contribution in [3.8, 4) is 0 Å². The lowest BCUT2D eigenvalue weighted by molar-refractivity contribution is -0.141. The summed E-state index contributed by atoms with van der Waals surface area (Å²) in [5.41, 5.74) is 2.57. The second-order valence-electron chi connectivity index (χ2n) is 8.12. The number of aromatic nitrogens is 1. The van der Waals surface area contributed by atoms with Crippen LogP contribution in [0.15, 0.2) is 79.0 Å². The molecule has 1 amide bonds. The summed E-state index contributed by atoms with van der Waals surface area (Å²) >= 11 is 0. The quantitative estimate of drug-likeness (QED) is 0.340. The highest BCUT2D eigenvalue weighted by atomic mass is 19.1. The van der Waals surface area contributed by atoms with Gasteiger partial charge in [-0.05, 0) is 36.2 Å². The molecule has 6 nitrogen and oxygen atoms in total. The minimum absolute atomic E-state index is 0.0821. The predicted octanol–water partition coefficient (Wildman–Crippen LogP) is 4.45. The summed E-state index contributed by atoms with van der Waals surface area (Å²) in [4.78, 5) is 40.5. The third-order valence-corrected chi connectivity index (χ3v) is 5.85. The van der Waals surface area contributed by atoms with E-state index in [0.717, 1.165) is 0 Å². The number of rotatable bonds is 8. The Hall–Kier alpha value is -4.26. The van der Waals surface area contributed by atoms with E-state index in [1.807, 2.05) is 6.07 Å². The number of carbonyl (C=O) groups is 3. The van der Waals surface area contributed by atoms with E-state index in [1.54, 1.807) is 73.8 Å². The summed E-state index contributed by atoms with van der Waals surface area (Å²) in [6.07, 6.45) is 1.47. The Morgan fingerprint density at radius 2 is 1.68 bits per heavy atom. The number of halogens is 1. The number of nitrogens with one attached hydrogen (secondary N) is 2. The molecule has 3 N–H and O–H groups in total. The molecule has 2 unspecified atom stereocenters. The monoisotopic (exact) mass is 458 g/mol. The number of aliphatic carboxylic acids is 1. The number of hydrogen-bond acceptors (Lipinski definition) is 3. The van der Waals surface area contributed by atoms with Crippen LogP contribution in [0.4, 0.5) is 4.39 Å². The van der Waals surface area contributed by atoms with Crippen LogP contribution >= 0.6 is 0 Å². The summed E-state index contributed by atoms with van der Waals surface area (Å²) in [6, 6.07) is 18.9. The summed E-state index contributed by atoms with van der Waals surface area (Å²) in [6.45, 7) is 1.64. The Balaban J connectivity index is 1.51. The molecule has 0 aliphatic rings. The van der Waals surface area contributed by atoms with E-state index in [4.69, 9.17) is 0 Å². The standard InChI is InChI=1S/C27H23FN2O4/c1-16(18-9-5-10-19(13-18)25(31)17-7-3-2-4-8-17)26(32)30-23(27(33)34)14-20-15-29-22-12-6-11-21(28)24(20)22/h2-13,15-16,23,29H,14H2,1H3,(H,30,32)(H,33,34). The van der Waals surface area contributed by atoms with Gasteiger partial charge in [0.2, 0.25) is 5.91 Å². The zero-order valence-corrected chi connectivity index (χ0v) is 18.4. The van der Waals surface area contributed by atoms with Crippen LogP contribution in [0.1, 0.15) is 39.9 Å². The summed E-state index contributed by atoms with van der Waals surface area (Å²) < 4.78 is 14.3. The Bertz CT molecular complexity index is 1360. The fraction of sp³-hybridized carbons (Fsp3) is 0.148. The third-order valence-electron chi connectivity index (χ3n) is 5.85. The van der Waals surface area contributed by atoms with Crippen molar-refractivity contribution < 1.29 is 23.9 Å². The largest absolute Gasteiger partial charge is 0.480 e. The molecule has 4 rings (SSSR count). The normalized spacial score (nSPS) is 12.8. The fourth-order valence-corrected chi connectivity index (χ4v) is 3.94. The molecule has 4 aromatic rings. The number of carboxylic acids is 1. The number of fused-ring (bicyclic) bond motifs is 1. The Morgan fingerprint density at radius 1 is 0.971 bits per heavy atom. The summed E-state index contributed by atoms with van der Waals surface area (Å²) in [7, 11) is 0. The molecule has 0 bridgehead atoms. The van der Waals surface area contributed by atoms with Gasteiger partial charge in [-0.3, -0.25) is 9.59 Å². The van der Waals surface area contributed by atoms with Crippen LogP contribution in [0.5, 0.6) is 0 Å². The lowest BCUT2D eigenvalue weighted by atomic mass is 9.94. The van der Waals surface area contributed by atoms with Gasteiger partial charge in [-0.2, -0.15) is 0 Å². The number of carboxylic acid groups (broad SMARTS) is 1. The maximum absolute atomic E-state index is 14.3. The number of aromatic amines is 1. The van der Waals surface area contributed by atoms with Crippen LogP contribution in [-0.4, -0.2) is 33.8 Å². The van der Waals surface area contributed by atoms with E-state index >= 15 is 0 Å². The van der Waals surface area contributed by atoms with Gasteiger partial charge < -0.3 is 15.4 Å². The van der Waals surface area contributed by atoms with E-state index < -0.39 is 29.7 Å². The second kappa shape index (κ2) is 9.70. The lowest BCUT2D eigenvalue weighted by Crippen LogP contribution is -2.44. The first-order valence-corrected chi connectivity index (χ1v) is 10.8. The molecule has 1 heterocycles. The van der Waals surface area contributed by atoms with Crippen molar-refractivity contribution >= 4 is 28.6 Å². The zero-order valence-electron chi connectivity index (χ0n) is 18.4. The van der Waals surface area contributed by atoms with Crippen LogP contribution in [0.2, 0.25) is 0 Å². The molecule has 0 aliphatic carbocycles. The van der Waals surface area contributed by atoms with Crippen LogP contribution < -0.4 is 5.32 Å². The van der Waals surface area contributed by atoms with Crippen molar-refractivity contribution in [3.63, 3.8) is 0 Å². The average Bonchev–Trinajstić information content (AvgIpc) is 3.27. The molecule has 0 saturated carbocycles. The fourth-order valence-electron chi connectivity index (χ4n) is 3.94. The van der Waals surface area contributed by atoms with Crippen molar-refractivity contribution in [1.29, 1.82) is 0 Å². The topological polar surface area (TPSA) is 99.3 Å². The van der Waals surface area contributed by atoms with E-state index in [1.165, 1.54) is 6.07 Å². The predicted molar refractivity (Wildman–Crippen MR) is 126 cm³/mol. The first-order valence-electron chi connectivity index (χ1n) is 10.8. The highest BCUT2D eigenvalue weighted by Gasteiger charge is 2.26. The van der Waals surface area contributed by atoms with Crippen molar-refractivity contribution in [2.24, 2.45) is 0 Å². The number of carbonyl (C=O) groups excluding carboxylic acids is 2. The number of ketones is 1. The van der Waals surface area contributed by atoms with Crippen molar-refractivity contribution in [2.75, 3.05) is 0 Å². The molecule has 2 atom stereocenters. The second-order valence-corrected chi connectivity index (χ2v) is 8.12. The number of amides is 1. The summed E-state index contributed by atoms with van der Waals surface area (Å²) in [5, 5.41) is 12.6. The average molecular weight is 458 g/mol. The van der Waals surface area contributed by atoms with Gasteiger partial charge in [0, 0.05) is 34.6 Å². The van der Waals surface area contributed by atoms with E-state index in [-0.39, 0.29) is 12.2 Å². The summed E-state index contributed by atoms with van der Waals surface area (Å²) in [5.74, 6) is -3.06. The number of hydrogen-bond donors (Lipinski definition) is 3. The molecule has 7 heteroatoms.